The molecule has 0 bridgehead atoms. The minimum Gasteiger partial charge on any atom is -0.334 e. The second-order valence-corrected chi connectivity index (χ2v) is 4.62. The van der Waals surface area contributed by atoms with Gasteiger partial charge in [-0.1, -0.05) is 22.9 Å². The molecule has 0 aliphatic carbocycles. The number of hydrogen-bond acceptors (Lipinski definition) is 3. The van der Waals surface area contributed by atoms with Crippen LogP contribution in [0.2, 0.25) is 0 Å². The van der Waals surface area contributed by atoms with E-state index in [0.29, 0.717) is 13.1 Å². The summed E-state index contributed by atoms with van der Waals surface area (Å²) in [5, 5.41) is 7.72. The van der Waals surface area contributed by atoms with Crippen molar-refractivity contribution in [3.63, 3.8) is 0 Å². The maximum atomic E-state index is 12.2. The molecule has 5 nitrogen and oxygen atoms in total. The van der Waals surface area contributed by atoms with Crippen LogP contribution in [0.25, 0.3) is 0 Å². The highest BCUT2D eigenvalue weighted by atomic mass is 16.2. The Kier molecular flexibility index (Phi) is 2.59. The maximum Gasteiger partial charge on any atom is 0.254 e. The van der Waals surface area contributed by atoms with Crippen molar-refractivity contribution < 1.29 is 4.79 Å². The molecule has 5 heteroatoms. The van der Waals surface area contributed by atoms with Crippen LogP contribution in [-0.4, -0.2) is 38.9 Å². The number of rotatable bonds is 2. The molecule has 0 atom stereocenters. The van der Waals surface area contributed by atoms with Crippen molar-refractivity contribution in [2.75, 3.05) is 13.1 Å². The van der Waals surface area contributed by atoms with E-state index in [4.69, 9.17) is 0 Å². The van der Waals surface area contributed by atoms with Gasteiger partial charge in [0.2, 0.25) is 0 Å². The van der Waals surface area contributed by atoms with Gasteiger partial charge in [-0.25, -0.2) is 4.68 Å². The summed E-state index contributed by atoms with van der Waals surface area (Å²) in [5.74, 6) is 0.0927. The third-order valence-electron chi connectivity index (χ3n) is 3.23. The largest absolute Gasteiger partial charge is 0.334 e. The van der Waals surface area contributed by atoms with E-state index in [1.807, 2.05) is 42.3 Å². The first-order valence-electron chi connectivity index (χ1n) is 5.96. The number of likely N-dealkylation sites (tertiary alicyclic amines) is 1. The lowest BCUT2D eigenvalue weighted by Gasteiger charge is -2.38. The monoisotopic (exact) mass is 242 g/mol. The maximum absolute atomic E-state index is 12.2. The SMILES string of the molecule is Cc1cccc(C(=O)N2CC(n3ccnn3)C2)c1. The first-order chi connectivity index (χ1) is 8.74. The second kappa shape index (κ2) is 4.25. The van der Waals surface area contributed by atoms with Gasteiger partial charge in [0.25, 0.3) is 5.91 Å². The van der Waals surface area contributed by atoms with Gasteiger partial charge in [-0.15, -0.1) is 5.10 Å². The van der Waals surface area contributed by atoms with Crippen molar-refractivity contribution in [2.24, 2.45) is 0 Å². The molecule has 18 heavy (non-hydrogen) atoms. The summed E-state index contributed by atoms with van der Waals surface area (Å²) in [4.78, 5) is 14.0. The molecule has 1 saturated heterocycles. The van der Waals surface area contributed by atoms with Gasteiger partial charge in [0.1, 0.15) is 0 Å². The zero-order chi connectivity index (χ0) is 12.5. The van der Waals surface area contributed by atoms with Crippen LogP contribution >= 0.6 is 0 Å². The van der Waals surface area contributed by atoms with E-state index in [1.165, 1.54) is 0 Å². The van der Waals surface area contributed by atoms with E-state index < -0.39 is 0 Å². The molecule has 0 spiro atoms. The number of carbonyl (C=O) groups is 1. The highest BCUT2D eigenvalue weighted by molar-refractivity contribution is 5.94. The quantitative estimate of drug-likeness (QED) is 0.797. The molecule has 0 unspecified atom stereocenters. The summed E-state index contributed by atoms with van der Waals surface area (Å²) in [6, 6.07) is 7.95. The molecular formula is C13H14N4O. The molecule has 0 radical (unpaired) electrons. The van der Waals surface area contributed by atoms with E-state index in [9.17, 15) is 4.79 Å². The normalized spacial score (nSPS) is 15.5. The molecule has 1 amide bonds. The van der Waals surface area contributed by atoms with Crippen LogP contribution in [0, 0.1) is 6.92 Å². The summed E-state index contributed by atoms with van der Waals surface area (Å²) in [6.07, 6.45) is 3.49. The van der Waals surface area contributed by atoms with Crippen molar-refractivity contribution in [2.45, 2.75) is 13.0 Å². The van der Waals surface area contributed by atoms with E-state index in [0.717, 1.165) is 11.1 Å². The summed E-state index contributed by atoms with van der Waals surface area (Å²) >= 11 is 0. The standard InChI is InChI=1S/C13H14N4O/c1-10-3-2-4-11(7-10)13(18)16-8-12(9-16)17-6-5-14-15-17/h2-7,12H,8-9H2,1H3. The average Bonchev–Trinajstić information content (AvgIpc) is 2.80. The number of carbonyl (C=O) groups excluding carboxylic acids is 1. The zero-order valence-electron chi connectivity index (χ0n) is 10.2. The molecule has 1 fully saturated rings. The molecule has 2 aromatic rings. The van der Waals surface area contributed by atoms with Gasteiger partial charge < -0.3 is 4.90 Å². The lowest BCUT2D eigenvalue weighted by Crippen LogP contribution is -2.50. The number of aryl methyl sites for hydroxylation is 1. The van der Waals surface area contributed by atoms with E-state index in [1.54, 1.807) is 10.9 Å². The molecule has 0 N–H and O–H groups in total. The summed E-state index contributed by atoms with van der Waals surface area (Å²) in [6.45, 7) is 3.40. The number of benzene rings is 1. The Morgan fingerprint density at radius 2 is 2.22 bits per heavy atom. The Morgan fingerprint density at radius 1 is 1.39 bits per heavy atom. The fourth-order valence-corrected chi connectivity index (χ4v) is 2.16. The van der Waals surface area contributed by atoms with E-state index in [2.05, 4.69) is 10.3 Å². The van der Waals surface area contributed by atoms with Crippen LogP contribution in [0.3, 0.4) is 0 Å². The Labute approximate surface area is 105 Å². The summed E-state index contributed by atoms with van der Waals surface area (Å²) in [5.41, 5.74) is 1.86. The molecule has 2 heterocycles. The van der Waals surface area contributed by atoms with Crippen molar-refractivity contribution in [1.29, 1.82) is 0 Å². The fraction of sp³-hybridized carbons (Fsp3) is 0.308. The lowest BCUT2D eigenvalue weighted by molar-refractivity contribution is 0.0498. The Morgan fingerprint density at radius 3 is 2.89 bits per heavy atom. The predicted molar refractivity (Wildman–Crippen MR) is 66.1 cm³/mol. The van der Waals surface area contributed by atoms with Gasteiger partial charge in [-0.05, 0) is 19.1 Å². The summed E-state index contributed by atoms with van der Waals surface area (Å²) < 4.78 is 1.81. The molecule has 1 aliphatic rings. The van der Waals surface area contributed by atoms with Crippen LogP contribution in [0.5, 0.6) is 0 Å². The van der Waals surface area contributed by atoms with Gasteiger partial charge in [0.05, 0.1) is 12.2 Å². The number of hydrogen-bond donors (Lipinski definition) is 0. The molecule has 1 aromatic heterocycles. The van der Waals surface area contributed by atoms with Crippen molar-refractivity contribution in [1.82, 2.24) is 19.9 Å². The van der Waals surface area contributed by atoms with Crippen molar-refractivity contribution >= 4 is 5.91 Å². The minimum absolute atomic E-state index is 0.0927. The van der Waals surface area contributed by atoms with Gasteiger partial charge >= 0.3 is 0 Å². The predicted octanol–water partition coefficient (Wildman–Crippen LogP) is 1.28. The van der Waals surface area contributed by atoms with Crippen LogP contribution in [0.15, 0.2) is 36.7 Å². The number of aromatic nitrogens is 3. The van der Waals surface area contributed by atoms with Crippen LogP contribution in [0.4, 0.5) is 0 Å². The molecule has 92 valence electrons. The van der Waals surface area contributed by atoms with Crippen molar-refractivity contribution in [3.8, 4) is 0 Å². The summed E-state index contributed by atoms with van der Waals surface area (Å²) in [7, 11) is 0. The first-order valence-corrected chi connectivity index (χ1v) is 5.96. The zero-order valence-corrected chi connectivity index (χ0v) is 10.2. The highest BCUT2D eigenvalue weighted by Gasteiger charge is 2.32. The third-order valence-corrected chi connectivity index (χ3v) is 3.23. The van der Waals surface area contributed by atoms with Gasteiger partial charge in [-0.3, -0.25) is 4.79 Å². The second-order valence-electron chi connectivity index (χ2n) is 4.62. The van der Waals surface area contributed by atoms with Crippen LogP contribution in [-0.2, 0) is 0 Å². The highest BCUT2D eigenvalue weighted by Crippen LogP contribution is 2.22. The minimum atomic E-state index is 0.0927. The van der Waals surface area contributed by atoms with Crippen molar-refractivity contribution in [3.05, 3.63) is 47.8 Å². The Bertz CT molecular complexity index is 558. The topological polar surface area (TPSA) is 51.0 Å². The molecular weight excluding hydrogens is 228 g/mol. The van der Waals surface area contributed by atoms with Gasteiger partial charge in [0.15, 0.2) is 0 Å². The number of nitrogens with zero attached hydrogens (tertiary/aromatic N) is 4. The Hall–Kier alpha value is -2.17. The van der Waals surface area contributed by atoms with Gasteiger partial charge in [-0.2, -0.15) is 0 Å². The molecule has 0 saturated carbocycles. The Balaban J connectivity index is 1.66. The van der Waals surface area contributed by atoms with Gasteiger partial charge in [0, 0.05) is 24.8 Å². The molecule has 3 rings (SSSR count). The molecule has 1 aliphatic heterocycles. The third kappa shape index (κ3) is 1.88. The van der Waals surface area contributed by atoms with E-state index in [-0.39, 0.29) is 11.9 Å². The average molecular weight is 242 g/mol. The van der Waals surface area contributed by atoms with E-state index >= 15 is 0 Å². The lowest BCUT2D eigenvalue weighted by atomic mass is 10.1. The fourth-order valence-electron chi connectivity index (χ4n) is 2.16. The number of amides is 1. The first kappa shape index (κ1) is 11.0. The van der Waals surface area contributed by atoms with Crippen LogP contribution in [0.1, 0.15) is 22.0 Å². The molecule has 1 aromatic carbocycles. The van der Waals surface area contributed by atoms with Crippen LogP contribution < -0.4 is 0 Å². The smallest absolute Gasteiger partial charge is 0.254 e.